The number of hydrogen-bond acceptors (Lipinski definition) is 5. The zero-order chi connectivity index (χ0) is 18.8. The number of rotatable bonds is 4. The number of anilines is 1. The molecule has 0 aliphatic carbocycles. The van der Waals surface area contributed by atoms with E-state index in [0.29, 0.717) is 18.8 Å². The van der Waals surface area contributed by atoms with Crippen molar-refractivity contribution in [3.63, 3.8) is 0 Å². The summed E-state index contributed by atoms with van der Waals surface area (Å²) < 4.78 is 10.6. The van der Waals surface area contributed by atoms with Crippen molar-refractivity contribution in [1.82, 2.24) is 9.88 Å². The van der Waals surface area contributed by atoms with E-state index in [4.69, 9.17) is 9.47 Å². The van der Waals surface area contributed by atoms with E-state index < -0.39 is 5.97 Å². The lowest BCUT2D eigenvalue weighted by atomic mass is 10.1. The van der Waals surface area contributed by atoms with Gasteiger partial charge in [-0.05, 0) is 26.8 Å². The van der Waals surface area contributed by atoms with Crippen LogP contribution in [0.4, 0.5) is 5.69 Å². The lowest BCUT2D eigenvalue weighted by Gasteiger charge is -2.38. The van der Waals surface area contributed by atoms with Crippen molar-refractivity contribution in [3.05, 3.63) is 30.0 Å². The summed E-state index contributed by atoms with van der Waals surface area (Å²) in [5, 5.41) is 3.70. The van der Waals surface area contributed by atoms with Crippen LogP contribution in [0.5, 0.6) is 0 Å². The van der Waals surface area contributed by atoms with Gasteiger partial charge in [-0.1, -0.05) is 18.2 Å². The average Bonchev–Trinajstić information content (AvgIpc) is 2.98. The number of fused-ring (bicyclic) bond motifs is 1. The number of aromatic amines is 1. The Kier molecular flexibility index (Phi) is 5.29. The second kappa shape index (κ2) is 7.47. The summed E-state index contributed by atoms with van der Waals surface area (Å²) in [5.41, 5.74) is 1.47. The van der Waals surface area contributed by atoms with Crippen molar-refractivity contribution in [2.75, 3.05) is 25.5 Å². The Morgan fingerprint density at radius 3 is 2.58 bits per heavy atom. The molecule has 2 heterocycles. The first-order chi connectivity index (χ1) is 12.4. The predicted octanol–water partition coefficient (Wildman–Crippen LogP) is 2.39. The van der Waals surface area contributed by atoms with Gasteiger partial charge in [-0.25, -0.2) is 4.79 Å². The minimum Gasteiger partial charge on any atom is -0.464 e. The third kappa shape index (κ3) is 3.59. The Morgan fingerprint density at radius 2 is 1.92 bits per heavy atom. The number of esters is 1. The number of H-pyrrole nitrogens is 1. The van der Waals surface area contributed by atoms with E-state index in [0.717, 1.165) is 10.9 Å². The van der Waals surface area contributed by atoms with Crippen LogP contribution in [-0.4, -0.2) is 60.2 Å². The van der Waals surface area contributed by atoms with Crippen LogP contribution < -0.4 is 5.32 Å². The van der Waals surface area contributed by atoms with E-state index in [1.807, 2.05) is 45.0 Å². The number of carbonyl (C=O) groups is 2. The normalized spacial score (nSPS) is 22.2. The molecule has 1 fully saturated rings. The number of nitrogens with zero attached hydrogens (tertiary/aromatic N) is 1. The SMILES string of the molecule is COC(=O)c1[nH]c2ccccc2c1NC(=O)[C@@H](C)N1C[C@@H](C)O[C@@H](C)C1. The largest absolute Gasteiger partial charge is 0.464 e. The molecule has 0 radical (unpaired) electrons. The maximum Gasteiger partial charge on any atom is 0.356 e. The van der Waals surface area contributed by atoms with E-state index in [9.17, 15) is 9.59 Å². The highest BCUT2D eigenvalue weighted by molar-refractivity contribution is 6.11. The summed E-state index contributed by atoms with van der Waals surface area (Å²) in [7, 11) is 1.32. The number of amides is 1. The van der Waals surface area contributed by atoms with Gasteiger partial charge in [0.15, 0.2) is 0 Å². The molecular weight excluding hydrogens is 334 g/mol. The van der Waals surface area contributed by atoms with Gasteiger partial charge in [-0.2, -0.15) is 0 Å². The molecule has 1 amide bonds. The molecule has 0 unspecified atom stereocenters. The monoisotopic (exact) mass is 359 g/mol. The fourth-order valence-electron chi connectivity index (χ4n) is 3.45. The Balaban J connectivity index is 1.85. The topological polar surface area (TPSA) is 83.7 Å². The van der Waals surface area contributed by atoms with Crippen LogP contribution in [0.1, 0.15) is 31.3 Å². The highest BCUT2D eigenvalue weighted by Gasteiger charge is 2.30. The lowest BCUT2D eigenvalue weighted by molar-refractivity contribution is -0.126. The molecule has 2 aromatic rings. The number of methoxy groups -OCH3 is 1. The molecule has 3 rings (SSSR count). The summed E-state index contributed by atoms with van der Waals surface area (Å²) in [4.78, 5) is 30.1. The van der Waals surface area contributed by atoms with Crippen molar-refractivity contribution in [3.8, 4) is 0 Å². The summed E-state index contributed by atoms with van der Waals surface area (Å²) in [6.45, 7) is 7.25. The number of hydrogen-bond donors (Lipinski definition) is 2. The molecule has 7 heteroatoms. The fourth-order valence-corrected chi connectivity index (χ4v) is 3.45. The van der Waals surface area contributed by atoms with Gasteiger partial charge < -0.3 is 19.8 Å². The molecule has 1 aliphatic rings. The highest BCUT2D eigenvalue weighted by atomic mass is 16.5. The van der Waals surface area contributed by atoms with E-state index in [2.05, 4.69) is 15.2 Å². The number of morpholine rings is 1. The predicted molar refractivity (Wildman–Crippen MR) is 99.3 cm³/mol. The van der Waals surface area contributed by atoms with Gasteiger partial charge in [0, 0.05) is 24.0 Å². The molecule has 0 saturated carbocycles. The molecule has 140 valence electrons. The van der Waals surface area contributed by atoms with Gasteiger partial charge in [0.1, 0.15) is 5.69 Å². The van der Waals surface area contributed by atoms with E-state index >= 15 is 0 Å². The van der Waals surface area contributed by atoms with Gasteiger partial charge in [-0.3, -0.25) is 9.69 Å². The smallest absolute Gasteiger partial charge is 0.356 e. The Hall–Kier alpha value is -2.38. The van der Waals surface area contributed by atoms with Gasteiger partial charge in [0.05, 0.1) is 31.0 Å². The number of ether oxygens (including phenoxy) is 2. The molecule has 1 aliphatic heterocycles. The number of benzene rings is 1. The standard InChI is InChI=1S/C19H25N3O4/c1-11-9-22(10-12(2)26-11)13(3)18(23)21-16-14-7-5-6-8-15(14)20-17(16)19(24)25-4/h5-8,11-13,20H,9-10H2,1-4H3,(H,21,23)/t11-,12+,13-/m1/s1. The van der Waals surface area contributed by atoms with Crippen molar-refractivity contribution >= 4 is 28.5 Å². The van der Waals surface area contributed by atoms with Crippen molar-refractivity contribution in [1.29, 1.82) is 0 Å². The second-order valence-electron chi connectivity index (χ2n) is 6.79. The zero-order valence-electron chi connectivity index (χ0n) is 15.5. The van der Waals surface area contributed by atoms with Crippen molar-refractivity contribution < 1.29 is 19.1 Å². The van der Waals surface area contributed by atoms with Crippen LogP contribution in [0.3, 0.4) is 0 Å². The average molecular weight is 359 g/mol. The van der Waals surface area contributed by atoms with Gasteiger partial charge >= 0.3 is 5.97 Å². The van der Waals surface area contributed by atoms with E-state index in [-0.39, 0.29) is 29.9 Å². The van der Waals surface area contributed by atoms with Gasteiger partial charge in [0.2, 0.25) is 5.91 Å². The quantitative estimate of drug-likeness (QED) is 0.819. The van der Waals surface area contributed by atoms with Gasteiger partial charge in [0.25, 0.3) is 0 Å². The van der Waals surface area contributed by atoms with Crippen LogP contribution in [0.25, 0.3) is 10.9 Å². The van der Waals surface area contributed by atoms with Crippen LogP contribution in [-0.2, 0) is 14.3 Å². The summed E-state index contributed by atoms with van der Waals surface area (Å²) in [5.74, 6) is -0.682. The summed E-state index contributed by atoms with van der Waals surface area (Å²) >= 11 is 0. The Labute approximate surface area is 152 Å². The van der Waals surface area contributed by atoms with Crippen LogP contribution in [0, 0.1) is 0 Å². The maximum atomic E-state index is 12.9. The van der Waals surface area contributed by atoms with Crippen molar-refractivity contribution in [2.24, 2.45) is 0 Å². The third-order valence-electron chi connectivity index (χ3n) is 4.72. The molecule has 1 aromatic carbocycles. The van der Waals surface area contributed by atoms with Crippen molar-refractivity contribution in [2.45, 2.75) is 39.0 Å². The number of nitrogens with one attached hydrogen (secondary N) is 2. The molecular formula is C19H25N3O4. The van der Waals surface area contributed by atoms with E-state index in [1.54, 1.807) is 0 Å². The van der Waals surface area contributed by atoms with E-state index in [1.165, 1.54) is 7.11 Å². The fraction of sp³-hybridized carbons (Fsp3) is 0.474. The lowest BCUT2D eigenvalue weighted by Crippen LogP contribution is -2.52. The summed E-state index contributed by atoms with van der Waals surface area (Å²) in [6, 6.07) is 7.10. The molecule has 0 spiro atoms. The number of aromatic nitrogens is 1. The van der Waals surface area contributed by atoms with Crippen LogP contribution in [0.15, 0.2) is 24.3 Å². The van der Waals surface area contributed by atoms with Crippen LogP contribution in [0.2, 0.25) is 0 Å². The molecule has 2 N–H and O–H groups in total. The first kappa shape index (κ1) is 18.4. The first-order valence-electron chi connectivity index (χ1n) is 8.80. The third-order valence-corrected chi connectivity index (χ3v) is 4.72. The minimum absolute atomic E-state index is 0.0766. The van der Waals surface area contributed by atoms with Gasteiger partial charge in [-0.15, -0.1) is 0 Å². The zero-order valence-corrected chi connectivity index (χ0v) is 15.5. The Morgan fingerprint density at radius 1 is 1.27 bits per heavy atom. The Bertz CT molecular complexity index is 806. The number of para-hydroxylation sites is 1. The van der Waals surface area contributed by atoms with Crippen LogP contribution >= 0.6 is 0 Å². The molecule has 1 saturated heterocycles. The molecule has 0 bridgehead atoms. The first-order valence-corrected chi connectivity index (χ1v) is 8.80. The molecule has 3 atom stereocenters. The number of carbonyl (C=O) groups excluding carboxylic acids is 2. The minimum atomic E-state index is -0.516. The molecule has 7 nitrogen and oxygen atoms in total. The molecule has 26 heavy (non-hydrogen) atoms. The highest BCUT2D eigenvalue weighted by Crippen LogP contribution is 2.28. The molecule has 1 aromatic heterocycles. The summed E-state index contributed by atoms with van der Waals surface area (Å²) in [6.07, 6.45) is 0.153. The second-order valence-corrected chi connectivity index (χ2v) is 6.79. The maximum absolute atomic E-state index is 12.9.